The lowest BCUT2D eigenvalue weighted by molar-refractivity contribution is -0.143. The predicted molar refractivity (Wildman–Crippen MR) is 67.9 cm³/mol. The summed E-state index contributed by atoms with van der Waals surface area (Å²) in [5, 5.41) is 11.3. The van der Waals surface area contributed by atoms with E-state index in [4.69, 9.17) is 5.11 Å². The smallest absolute Gasteiger partial charge is 0.308 e. The van der Waals surface area contributed by atoms with Gasteiger partial charge in [0.25, 0.3) is 0 Å². The molecule has 0 bridgehead atoms. The van der Waals surface area contributed by atoms with E-state index >= 15 is 0 Å². The average Bonchev–Trinajstić information content (AvgIpc) is 2.14. The van der Waals surface area contributed by atoms with Gasteiger partial charge < -0.3 is 10.4 Å². The van der Waals surface area contributed by atoms with E-state index in [1.54, 1.807) is 13.8 Å². The molecule has 0 aliphatic heterocycles. The maximum atomic E-state index is 11.8. The molecular weight excluding hydrogens is 258 g/mol. The van der Waals surface area contributed by atoms with Crippen LogP contribution in [0.3, 0.4) is 0 Å². The number of hydrogen-bond donors (Lipinski definition) is 2. The summed E-state index contributed by atoms with van der Waals surface area (Å²) < 4.78 is 21.3. The Hall–Kier alpha value is -1.11. The van der Waals surface area contributed by atoms with E-state index in [1.165, 1.54) is 13.8 Å². The number of carbonyl (C=O) groups excluding carboxylic acids is 1. The molecule has 0 aromatic rings. The first-order valence-corrected chi connectivity index (χ1v) is 7.51. The Labute approximate surface area is 108 Å². The number of carbonyl (C=O) groups is 2. The van der Waals surface area contributed by atoms with Crippen LogP contribution in [-0.2, 0) is 19.4 Å². The van der Waals surface area contributed by atoms with E-state index in [0.717, 1.165) is 6.26 Å². The molecule has 0 rings (SSSR count). The molecule has 0 aliphatic rings. The summed E-state index contributed by atoms with van der Waals surface area (Å²) in [6.07, 6.45) is 0.976. The van der Waals surface area contributed by atoms with Gasteiger partial charge >= 0.3 is 5.97 Å². The van der Waals surface area contributed by atoms with Crippen molar-refractivity contribution >= 4 is 21.7 Å². The number of carboxylic acids is 1. The Balaban J connectivity index is 4.75. The standard InChI is InChI=1S/C11H21NO5S/c1-7(2)8(9(13)14)6-12-10(15)11(3,4)18(5,16)17/h7-8H,6H2,1-5H3,(H,12,15)(H,13,14). The number of amides is 1. The highest BCUT2D eigenvalue weighted by Crippen LogP contribution is 2.16. The second-order valence-corrected chi connectivity index (χ2v) is 7.75. The van der Waals surface area contributed by atoms with Gasteiger partial charge in [0.15, 0.2) is 9.84 Å². The third-order valence-corrected chi connectivity index (χ3v) is 5.12. The highest BCUT2D eigenvalue weighted by atomic mass is 32.2. The Kier molecular flexibility index (Phi) is 5.34. The lowest BCUT2D eigenvalue weighted by atomic mass is 9.96. The molecule has 6 nitrogen and oxygen atoms in total. The molecule has 1 amide bonds. The van der Waals surface area contributed by atoms with Crippen molar-refractivity contribution in [1.82, 2.24) is 5.32 Å². The quantitative estimate of drug-likeness (QED) is 0.727. The largest absolute Gasteiger partial charge is 0.481 e. The minimum Gasteiger partial charge on any atom is -0.481 e. The highest BCUT2D eigenvalue weighted by molar-refractivity contribution is 7.92. The molecule has 0 aliphatic carbocycles. The van der Waals surface area contributed by atoms with Gasteiger partial charge in [-0.05, 0) is 19.8 Å². The van der Waals surface area contributed by atoms with Crippen LogP contribution < -0.4 is 5.32 Å². The third-order valence-electron chi connectivity index (χ3n) is 3.08. The van der Waals surface area contributed by atoms with Gasteiger partial charge in [0.1, 0.15) is 4.75 Å². The van der Waals surface area contributed by atoms with Gasteiger partial charge in [-0.1, -0.05) is 13.8 Å². The summed E-state index contributed by atoms with van der Waals surface area (Å²) in [5.41, 5.74) is 0. The summed E-state index contributed by atoms with van der Waals surface area (Å²) in [6.45, 7) is 5.97. The van der Waals surface area contributed by atoms with Crippen molar-refractivity contribution in [3.63, 3.8) is 0 Å². The molecule has 7 heteroatoms. The van der Waals surface area contributed by atoms with Gasteiger partial charge in [-0.2, -0.15) is 0 Å². The number of hydrogen-bond acceptors (Lipinski definition) is 4. The van der Waals surface area contributed by atoms with Crippen molar-refractivity contribution in [3.8, 4) is 0 Å². The maximum Gasteiger partial charge on any atom is 0.308 e. The lowest BCUT2D eigenvalue weighted by Gasteiger charge is -2.23. The first-order chi connectivity index (χ1) is 7.91. The van der Waals surface area contributed by atoms with Crippen LogP contribution in [-0.4, -0.2) is 42.9 Å². The van der Waals surface area contributed by atoms with Crippen LogP contribution in [0.1, 0.15) is 27.7 Å². The molecule has 0 aromatic heterocycles. The van der Waals surface area contributed by atoms with Crippen LogP contribution in [0.2, 0.25) is 0 Å². The van der Waals surface area contributed by atoms with Gasteiger partial charge in [-0.3, -0.25) is 9.59 Å². The fraction of sp³-hybridized carbons (Fsp3) is 0.818. The molecule has 0 saturated carbocycles. The summed E-state index contributed by atoms with van der Waals surface area (Å²) >= 11 is 0. The molecule has 0 saturated heterocycles. The molecule has 0 heterocycles. The van der Waals surface area contributed by atoms with Gasteiger partial charge in [-0.15, -0.1) is 0 Å². The van der Waals surface area contributed by atoms with E-state index in [9.17, 15) is 18.0 Å². The van der Waals surface area contributed by atoms with E-state index in [0.29, 0.717) is 0 Å². The van der Waals surface area contributed by atoms with Crippen molar-refractivity contribution in [2.45, 2.75) is 32.4 Å². The zero-order valence-electron chi connectivity index (χ0n) is 11.4. The highest BCUT2D eigenvalue weighted by Gasteiger charge is 2.38. The van der Waals surface area contributed by atoms with Gasteiger partial charge in [0.05, 0.1) is 5.92 Å². The summed E-state index contributed by atoms with van der Waals surface area (Å²) in [7, 11) is -3.55. The van der Waals surface area contributed by atoms with Crippen LogP contribution in [0, 0.1) is 11.8 Å². The van der Waals surface area contributed by atoms with Crippen LogP contribution in [0.25, 0.3) is 0 Å². The summed E-state index contributed by atoms with van der Waals surface area (Å²) in [5.74, 6) is -2.58. The molecule has 1 unspecified atom stereocenters. The van der Waals surface area contributed by atoms with Gasteiger partial charge in [0.2, 0.25) is 5.91 Å². The normalized spacial score (nSPS) is 14.3. The second kappa shape index (κ2) is 5.69. The van der Waals surface area contributed by atoms with E-state index in [-0.39, 0.29) is 12.5 Å². The molecule has 2 N–H and O–H groups in total. The molecule has 18 heavy (non-hydrogen) atoms. The lowest BCUT2D eigenvalue weighted by Crippen LogP contribution is -2.49. The molecule has 0 radical (unpaired) electrons. The molecular formula is C11H21NO5S. The minimum atomic E-state index is -3.55. The van der Waals surface area contributed by atoms with Crippen molar-refractivity contribution < 1.29 is 23.1 Å². The van der Waals surface area contributed by atoms with Crippen LogP contribution in [0.4, 0.5) is 0 Å². The number of rotatable bonds is 6. The van der Waals surface area contributed by atoms with Crippen LogP contribution in [0.5, 0.6) is 0 Å². The topological polar surface area (TPSA) is 101 Å². The van der Waals surface area contributed by atoms with Crippen LogP contribution in [0.15, 0.2) is 0 Å². The third kappa shape index (κ3) is 3.97. The Morgan fingerprint density at radius 1 is 1.28 bits per heavy atom. The first-order valence-electron chi connectivity index (χ1n) is 5.62. The van der Waals surface area contributed by atoms with Crippen LogP contribution >= 0.6 is 0 Å². The Morgan fingerprint density at radius 3 is 2.00 bits per heavy atom. The van der Waals surface area contributed by atoms with Crippen molar-refractivity contribution in [1.29, 1.82) is 0 Å². The number of aliphatic carboxylic acids is 1. The number of carboxylic acid groups (broad SMARTS) is 1. The molecule has 106 valence electrons. The first kappa shape index (κ1) is 16.9. The number of sulfone groups is 1. The SMILES string of the molecule is CC(C)C(CNC(=O)C(C)(C)S(C)(=O)=O)C(=O)O. The zero-order chi connectivity index (χ0) is 14.7. The van der Waals surface area contributed by atoms with Gasteiger partial charge in [0, 0.05) is 12.8 Å². The maximum absolute atomic E-state index is 11.8. The van der Waals surface area contributed by atoms with Gasteiger partial charge in [-0.25, -0.2) is 8.42 Å². The molecule has 0 fully saturated rings. The van der Waals surface area contributed by atoms with Crippen molar-refractivity contribution in [3.05, 3.63) is 0 Å². The second-order valence-electron chi connectivity index (χ2n) is 5.18. The number of nitrogens with one attached hydrogen (secondary N) is 1. The Morgan fingerprint density at radius 2 is 1.72 bits per heavy atom. The average molecular weight is 279 g/mol. The van der Waals surface area contributed by atoms with Crippen molar-refractivity contribution in [2.24, 2.45) is 11.8 Å². The summed E-state index contributed by atoms with van der Waals surface area (Å²) in [4.78, 5) is 22.7. The van der Waals surface area contributed by atoms with E-state index in [2.05, 4.69) is 5.32 Å². The minimum absolute atomic E-state index is 0.0786. The molecule has 1 atom stereocenters. The fourth-order valence-corrected chi connectivity index (χ4v) is 1.60. The zero-order valence-corrected chi connectivity index (χ0v) is 12.2. The molecule has 0 spiro atoms. The van der Waals surface area contributed by atoms with Crippen molar-refractivity contribution in [2.75, 3.05) is 12.8 Å². The summed E-state index contributed by atoms with van der Waals surface area (Å²) in [6, 6.07) is 0. The predicted octanol–water partition coefficient (Wildman–Crippen LogP) is 0.283. The Bertz CT molecular complexity index is 425. The fourth-order valence-electron chi connectivity index (χ4n) is 1.19. The molecule has 0 aromatic carbocycles. The van der Waals surface area contributed by atoms with E-state index < -0.39 is 32.4 Å². The van der Waals surface area contributed by atoms with E-state index in [1.807, 2.05) is 0 Å². The monoisotopic (exact) mass is 279 g/mol.